The Morgan fingerprint density at radius 2 is 2.21 bits per heavy atom. The fraction of sp³-hybridized carbons (Fsp3) is 0.412. The molecular weight excluding hydrogens is 315 g/mol. The van der Waals surface area contributed by atoms with Gasteiger partial charge in [-0.2, -0.15) is 5.10 Å². The van der Waals surface area contributed by atoms with Crippen molar-refractivity contribution < 1.29 is 23.8 Å². The van der Waals surface area contributed by atoms with Gasteiger partial charge in [0.15, 0.2) is 0 Å². The Kier molecular flexibility index (Phi) is 5.10. The highest BCUT2D eigenvalue weighted by atomic mass is 19.1. The predicted octanol–water partition coefficient (Wildman–Crippen LogP) is 2.58. The minimum absolute atomic E-state index is 0.242. The van der Waals surface area contributed by atoms with Gasteiger partial charge < -0.3 is 14.6 Å². The molecule has 2 heterocycles. The standard InChI is InChI=1S/C17H19FN2O4/c18-14-1-2-16(24-11-12-3-5-23-6-4-12)15(7-14)13-8-19-20(9-13)10-17(21)22/h1-2,7-9,12H,3-6,10-11H2,(H,21,22). The average Bonchev–Trinajstić information content (AvgIpc) is 3.02. The number of rotatable bonds is 6. The smallest absolute Gasteiger partial charge is 0.325 e. The normalized spacial score (nSPS) is 15.4. The monoisotopic (exact) mass is 334 g/mol. The molecule has 1 fully saturated rings. The summed E-state index contributed by atoms with van der Waals surface area (Å²) in [7, 11) is 0. The van der Waals surface area contributed by atoms with Crippen LogP contribution in [0.5, 0.6) is 5.75 Å². The van der Waals surface area contributed by atoms with Crippen LogP contribution in [-0.4, -0.2) is 40.7 Å². The molecule has 0 radical (unpaired) electrons. The summed E-state index contributed by atoms with van der Waals surface area (Å²) in [6.45, 7) is 1.79. The Bertz CT molecular complexity index is 710. The molecule has 24 heavy (non-hydrogen) atoms. The van der Waals surface area contributed by atoms with Crippen LogP contribution in [0.25, 0.3) is 11.1 Å². The van der Waals surface area contributed by atoms with Crippen LogP contribution in [0.15, 0.2) is 30.6 Å². The largest absolute Gasteiger partial charge is 0.493 e. The first-order chi connectivity index (χ1) is 11.6. The molecule has 1 aromatic heterocycles. The molecule has 1 aliphatic rings. The third-order valence-electron chi connectivity index (χ3n) is 4.00. The van der Waals surface area contributed by atoms with E-state index in [1.54, 1.807) is 12.3 Å². The molecule has 0 aliphatic carbocycles. The van der Waals surface area contributed by atoms with Gasteiger partial charge in [-0.3, -0.25) is 9.48 Å². The number of hydrogen-bond donors (Lipinski definition) is 1. The Labute approximate surface area is 138 Å². The molecule has 2 aromatic rings. The number of carboxylic acid groups (broad SMARTS) is 1. The number of halogens is 1. The molecule has 1 aliphatic heterocycles. The third kappa shape index (κ3) is 4.11. The van der Waals surface area contributed by atoms with Crippen LogP contribution in [0.2, 0.25) is 0 Å². The number of aliphatic carboxylic acids is 1. The Balaban J connectivity index is 1.77. The number of aromatic nitrogens is 2. The summed E-state index contributed by atoms with van der Waals surface area (Å²) in [4.78, 5) is 10.8. The second kappa shape index (κ2) is 7.44. The van der Waals surface area contributed by atoms with Crippen molar-refractivity contribution >= 4 is 5.97 Å². The number of ether oxygens (including phenoxy) is 2. The minimum Gasteiger partial charge on any atom is -0.493 e. The van der Waals surface area contributed by atoms with Crippen LogP contribution in [0.4, 0.5) is 4.39 Å². The van der Waals surface area contributed by atoms with Gasteiger partial charge in [0.2, 0.25) is 0 Å². The fourth-order valence-electron chi connectivity index (χ4n) is 2.70. The van der Waals surface area contributed by atoms with Gasteiger partial charge in [0, 0.05) is 30.5 Å². The summed E-state index contributed by atoms with van der Waals surface area (Å²) >= 11 is 0. The van der Waals surface area contributed by atoms with E-state index in [2.05, 4.69) is 5.10 Å². The number of nitrogens with zero attached hydrogens (tertiary/aromatic N) is 2. The number of carboxylic acids is 1. The maximum Gasteiger partial charge on any atom is 0.325 e. The van der Waals surface area contributed by atoms with E-state index in [-0.39, 0.29) is 12.4 Å². The van der Waals surface area contributed by atoms with Gasteiger partial charge in [0.05, 0.1) is 12.8 Å². The van der Waals surface area contributed by atoms with E-state index >= 15 is 0 Å². The molecule has 1 aromatic carbocycles. The third-order valence-corrected chi connectivity index (χ3v) is 4.00. The van der Waals surface area contributed by atoms with Gasteiger partial charge >= 0.3 is 5.97 Å². The Morgan fingerprint density at radius 3 is 2.96 bits per heavy atom. The summed E-state index contributed by atoms with van der Waals surface area (Å²) in [5.74, 6) is -0.376. The summed E-state index contributed by atoms with van der Waals surface area (Å²) in [6.07, 6.45) is 4.99. The highest BCUT2D eigenvalue weighted by Gasteiger charge is 2.17. The van der Waals surface area contributed by atoms with Crippen molar-refractivity contribution in [3.63, 3.8) is 0 Å². The zero-order chi connectivity index (χ0) is 16.9. The van der Waals surface area contributed by atoms with Crippen molar-refractivity contribution in [2.45, 2.75) is 19.4 Å². The highest BCUT2D eigenvalue weighted by molar-refractivity contribution is 5.70. The highest BCUT2D eigenvalue weighted by Crippen LogP contribution is 2.31. The molecule has 0 spiro atoms. The van der Waals surface area contributed by atoms with E-state index in [1.165, 1.54) is 23.0 Å². The van der Waals surface area contributed by atoms with Gasteiger partial charge in [-0.15, -0.1) is 0 Å². The minimum atomic E-state index is -0.986. The first-order valence-corrected chi connectivity index (χ1v) is 7.86. The van der Waals surface area contributed by atoms with Gasteiger partial charge in [-0.25, -0.2) is 4.39 Å². The van der Waals surface area contributed by atoms with Gasteiger partial charge in [0.1, 0.15) is 18.1 Å². The van der Waals surface area contributed by atoms with Crippen LogP contribution in [-0.2, 0) is 16.1 Å². The zero-order valence-electron chi connectivity index (χ0n) is 13.2. The number of hydrogen-bond acceptors (Lipinski definition) is 4. The van der Waals surface area contributed by atoms with Crippen molar-refractivity contribution in [2.75, 3.05) is 19.8 Å². The van der Waals surface area contributed by atoms with Crippen molar-refractivity contribution in [3.8, 4) is 16.9 Å². The summed E-state index contributed by atoms with van der Waals surface area (Å²) in [5.41, 5.74) is 1.19. The van der Waals surface area contributed by atoms with E-state index in [0.29, 0.717) is 29.4 Å². The molecule has 128 valence electrons. The van der Waals surface area contributed by atoms with Crippen molar-refractivity contribution in [1.29, 1.82) is 0 Å². The Morgan fingerprint density at radius 1 is 1.42 bits per heavy atom. The van der Waals surface area contributed by atoms with Gasteiger partial charge in [-0.05, 0) is 37.0 Å². The molecule has 1 N–H and O–H groups in total. The van der Waals surface area contributed by atoms with E-state index in [9.17, 15) is 9.18 Å². The predicted molar refractivity (Wildman–Crippen MR) is 84.3 cm³/mol. The first kappa shape index (κ1) is 16.4. The molecule has 6 nitrogen and oxygen atoms in total. The van der Waals surface area contributed by atoms with E-state index in [4.69, 9.17) is 14.6 Å². The van der Waals surface area contributed by atoms with E-state index < -0.39 is 5.97 Å². The first-order valence-electron chi connectivity index (χ1n) is 7.86. The quantitative estimate of drug-likeness (QED) is 0.879. The molecular formula is C17H19FN2O4. The van der Waals surface area contributed by atoms with Crippen LogP contribution in [0.3, 0.4) is 0 Å². The van der Waals surface area contributed by atoms with E-state index in [1.807, 2.05) is 0 Å². The van der Waals surface area contributed by atoms with Gasteiger partial charge in [-0.1, -0.05) is 0 Å². The van der Waals surface area contributed by atoms with Crippen LogP contribution < -0.4 is 4.74 Å². The molecule has 0 saturated carbocycles. The van der Waals surface area contributed by atoms with Crippen molar-refractivity contribution in [3.05, 3.63) is 36.4 Å². The van der Waals surface area contributed by atoms with Crippen molar-refractivity contribution in [2.24, 2.45) is 5.92 Å². The van der Waals surface area contributed by atoms with Crippen LogP contribution in [0.1, 0.15) is 12.8 Å². The fourth-order valence-corrected chi connectivity index (χ4v) is 2.70. The molecule has 0 bridgehead atoms. The molecule has 7 heteroatoms. The zero-order valence-corrected chi connectivity index (χ0v) is 13.2. The molecule has 3 rings (SSSR count). The lowest BCUT2D eigenvalue weighted by Crippen LogP contribution is -2.21. The summed E-state index contributed by atoms with van der Waals surface area (Å²) in [5, 5.41) is 12.8. The lowest BCUT2D eigenvalue weighted by Gasteiger charge is -2.22. The average molecular weight is 334 g/mol. The number of carbonyl (C=O) groups is 1. The SMILES string of the molecule is O=C(O)Cn1cc(-c2cc(F)ccc2OCC2CCOCC2)cn1. The van der Waals surface area contributed by atoms with Crippen LogP contribution >= 0.6 is 0 Å². The molecule has 0 unspecified atom stereocenters. The maximum atomic E-state index is 13.7. The second-order valence-corrected chi connectivity index (χ2v) is 5.83. The van der Waals surface area contributed by atoms with Crippen molar-refractivity contribution in [1.82, 2.24) is 9.78 Å². The summed E-state index contributed by atoms with van der Waals surface area (Å²) < 4.78 is 26.2. The second-order valence-electron chi connectivity index (χ2n) is 5.83. The Hall–Kier alpha value is -2.41. The molecule has 1 saturated heterocycles. The topological polar surface area (TPSA) is 73.6 Å². The van der Waals surface area contributed by atoms with E-state index in [0.717, 1.165) is 26.1 Å². The van der Waals surface area contributed by atoms with Crippen LogP contribution in [0, 0.1) is 11.7 Å². The molecule has 0 atom stereocenters. The lowest BCUT2D eigenvalue weighted by molar-refractivity contribution is -0.137. The summed E-state index contributed by atoms with van der Waals surface area (Å²) in [6, 6.07) is 4.32. The lowest BCUT2D eigenvalue weighted by atomic mass is 10.0. The number of benzene rings is 1. The molecule has 0 amide bonds. The van der Waals surface area contributed by atoms with Gasteiger partial charge in [0.25, 0.3) is 0 Å². The maximum absolute atomic E-state index is 13.7.